The summed E-state index contributed by atoms with van der Waals surface area (Å²) in [6.45, 7) is 0.311. The molecule has 0 aliphatic carbocycles. The van der Waals surface area contributed by atoms with Crippen molar-refractivity contribution in [2.45, 2.75) is 6.61 Å². The second kappa shape index (κ2) is 10.6. The van der Waals surface area contributed by atoms with Crippen LogP contribution in [0.25, 0.3) is 6.08 Å². The average molecular weight is 513 g/mol. The van der Waals surface area contributed by atoms with Crippen molar-refractivity contribution in [2.24, 2.45) is 0 Å². The molecule has 0 aliphatic rings. The molecule has 0 aliphatic heterocycles. The van der Waals surface area contributed by atoms with E-state index in [2.05, 4.69) is 21.2 Å². The third kappa shape index (κ3) is 5.94. The fourth-order valence-electron chi connectivity index (χ4n) is 2.73. The predicted molar refractivity (Wildman–Crippen MR) is 125 cm³/mol. The fraction of sp³-hybridized carbons (Fsp3) is 0.0435. The second-order valence-electron chi connectivity index (χ2n) is 6.50. The number of benzene rings is 3. The number of nitro benzene ring substituents is 1. The van der Waals surface area contributed by atoms with Crippen LogP contribution in [0.3, 0.4) is 0 Å². The summed E-state index contributed by atoms with van der Waals surface area (Å²) in [6, 6.07) is 20.5. The van der Waals surface area contributed by atoms with E-state index in [1.807, 2.05) is 36.4 Å². The molecule has 32 heavy (non-hydrogen) atoms. The first-order chi connectivity index (χ1) is 15.4. The van der Waals surface area contributed by atoms with Gasteiger partial charge in [-0.25, -0.2) is 0 Å². The standard InChI is InChI=1S/C23H15BrClN3O4/c24-18-6-9-22(32-14-15-4-2-1-3-5-15)16(11-18)10-17(13-26)23(29)27-19-7-8-20(25)21(12-19)28(30)31/h1-12H,14H2,(H,27,29)/b17-10+. The zero-order chi connectivity index (χ0) is 23.1. The number of ether oxygens (including phenoxy) is 1. The summed E-state index contributed by atoms with van der Waals surface area (Å²) in [5, 5.41) is 23.0. The molecule has 160 valence electrons. The molecule has 9 heteroatoms. The molecule has 0 spiro atoms. The molecule has 0 bridgehead atoms. The summed E-state index contributed by atoms with van der Waals surface area (Å²) >= 11 is 9.17. The molecule has 0 atom stereocenters. The van der Waals surface area contributed by atoms with Crippen molar-refractivity contribution >= 4 is 50.9 Å². The van der Waals surface area contributed by atoms with Crippen LogP contribution in [0.4, 0.5) is 11.4 Å². The van der Waals surface area contributed by atoms with Crippen molar-refractivity contribution in [2.75, 3.05) is 5.32 Å². The summed E-state index contributed by atoms with van der Waals surface area (Å²) in [7, 11) is 0. The van der Waals surface area contributed by atoms with Gasteiger partial charge in [0.05, 0.1) is 4.92 Å². The van der Waals surface area contributed by atoms with Crippen molar-refractivity contribution < 1.29 is 14.5 Å². The lowest BCUT2D eigenvalue weighted by atomic mass is 10.1. The highest BCUT2D eigenvalue weighted by atomic mass is 79.9. The highest BCUT2D eigenvalue weighted by Gasteiger charge is 2.16. The number of nitrogens with one attached hydrogen (secondary N) is 1. The Labute approximate surface area is 197 Å². The summed E-state index contributed by atoms with van der Waals surface area (Å²) < 4.78 is 6.62. The molecule has 0 saturated carbocycles. The van der Waals surface area contributed by atoms with Gasteiger partial charge in [-0.3, -0.25) is 14.9 Å². The maximum absolute atomic E-state index is 12.6. The Morgan fingerprint density at radius 2 is 1.94 bits per heavy atom. The van der Waals surface area contributed by atoms with Gasteiger partial charge in [-0.2, -0.15) is 5.26 Å². The zero-order valence-corrected chi connectivity index (χ0v) is 18.8. The van der Waals surface area contributed by atoms with Crippen LogP contribution in [0.5, 0.6) is 5.75 Å². The minimum absolute atomic E-state index is 0.0570. The molecule has 3 aromatic carbocycles. The van der Waals surface area contributed by atoms with Gasteiger partial charge < -0.3 is 10.1 Å². The van der Waals surface area contributed by atoms with Gasteiger partial charge in [0.25, 0.3) is 11.6 Å². The van der Waals surface area contributed by atoms with Crippen LogP contribution in [0.15, 0.2) is 76.8 Å². The van der Waals surface area contributed by atoms with E-state index in [1.165, 1.54) is 18.2 Å². The predicted octanol–water partition coefficient (Wildman–Crippen LogP) is 6.14. The monoisotopic (exact) mass is 511 g/mol. The van der Waals surface area contributed by atoms with Crippen LogP contribution in [-0.4, -0.2) is 10.8 Å². The molecule has 0 saturated heterocycles. The van der Waals surface area contributed by atoms with E-state index >= 15 is 0 Å². The minimum atomic E-state index is -0.724. The summed E-state index contributed by atoms with van der Waals surface area (Å²) in [6.07, 6.45) is 1.39. The maximum Gasteiger partial charge on any atom is 0.289 e. The van der Waals surface area contributed by atoms with Crippen molar-refractivity contribution in [3.63, 3.8) is 0 Å². The quantitative estimate of drug-likeness (QED) is 0.177. The van der Waals surface area contributed by atoms with Gasteiger partial charge in [0.15, 0.2) is 0 Å². The van der Waals surface area contributed by atoms with E-state index in [4.69, 9.17) is 16.3 Å². The SMILES string of the molecule is N#C/C(=C\c1cc(Br)ccc1OCc1ccccc1)C(=O)Nc1ccc(Cl)c([N+](=O)[O-])c1. The summed E-state index contributed by atoms with van der Waals surface area (Å²) in [5.41, 5.74) is 1.07. The number of nitro groups is 1. The van der Waals surface area contributed by atoms with Gasteiger partial charge in [-0.1, -0.05) is 57.9 Å². The molecule has 3 aromatic rings. The summed E-state index contributed by atoms with van der Waals surface area (Å²) in [5.74, 6) is -0.238. The van der Waals surface area contributed by atoms with Crippen LogP contribution in [0, 0.1) is 21.4 Å². The summed E-state index contributed by atoms with van der Waals surface area (Å²) in [4.78, 5) is 23.0. The number of nitriles is 1. The molecular weight excluding hydrogens is 498 g/mol. The number of halogens is 2. The lowest BCUT2D eigenvalue weighted by Crippen LogP contribution is -2.13. The highest BCUT2D eigenvalue weighted by molar-refractivity contribution is 9.10. The number of hydrogen-bond donors (Lipinski definition) is 1. The first kappa shape index (κ1) is 23.0. The molecule has 0 heterocycles. The Kier molecular flexibility index (Phi) is 7.60. The first-order valence-corrected chi connectivity index (χ1v) is 10.4. The second-order valence-corrected chi connectivity index (χ2v) is 7.83. The Morgan fingerprint density at radius 3 is 2.62 bits per heavy atom. The van der Waals surface area contributed by atoms with Gasteiger partial charge in [0.2, 0.25) is 0 Å². The van der Waals surface area contributed by atoms with Crippen LogP contribution in [-0.2, 0) is 11.4 Å². The smallest absolute Gasteiger partial charge is 0.289 e. The molecule has 0 aromatic heterocycles. The Balaban J connectivity index is 1.84. The van der Waals surface area contributed by atoms with E-state index in [9.17, 15) is 20.2 Å². The van der Waals surface area contributed by atoms with E-state index in [0.717, 1.165) is 16.1 Å². The molecule has 0 fully saturated rings. The average Bonchev–Trinajstić information content (AvgIpc) is 2.78. The van der Waals surface area contributed by atoms with Crippen molar-refractivity contribution in [1.82, 2.24) is 0 Å². The van der Waals surface area contributed by atoms with Gasteiger partial charge in [0, 0.05) is 21.8 Å². The Bertz CT molecular complexity index is 1240. The lowest BCUT2D eigenvalue weighted by molar-refractivity contribution is -0.384. The zero-order valence-electron chi connectivity index (χ0n) is 16.4. The van der Waals surface area contributed by atoms with E-state index in [1.54, 1.807) is 18.2 Å². The van der Waals surface area contributed by atoms with E-state index in [-0.39, 0.29) is 22.0 Å². The molecule has 0 unspecified atom stereocenters. The molecular formula is C23H15BrClN3O4. The third-order valence-electron chi connectivity index (χ3n) is 4.27. The number of hydrogen-bond acceptors (Lipinski definition) is 5. The largest absolute Gasteiger partial charge is 0.488 e. The van der Waals surface area contributed by atoms with Crippen LogP contribution in [0.1, 0.15) is 11.1 Å². The van der Waals surface area contributed by atoms with Gasteiger partial charge in [-0.05, 0) is 42.0 Å². The van der Waals surface area contributed by atoms with Crippen LogP contribution >= 0.6 is 27.5 Å². The molecule has 1 N–H and O–H groups in total. The number of amides is 1. The van der Waals surface area contributed by atoms with Gasteiger partial charge >= 0.3 is 0 Å². The van der Waals surface area contributed by atoms with Gasteiger partial charge in [0.1, 0.15) is 29.0 Å². The Hall–Kier alpha value is -3.67. The van der Waals surface area contributed by atoms with Crippen molar-refractivity contribution in [3.8, 4) is 11.8 Å². The third-order valence-corrected chi connectivity index (χ3v) is 5.09. The molecule has 3 rings (SSSR count). The lowest BCUT2D eigenvalue weighted by Gasteiger charge is -2.11. The van der Waals surface area contributed by atoms with Gasteiger partial charge in [-0.15, -0.1) is 0 Å². The van der Waals surface area contributed by atoms with E-state index in [0.29, 0.717) is 17.9 Å². The molecule has 0 radical (unpaired) electrons. The number of anilines is 1. The molecule has 7 nitrogen and oxygen atoms in total. The fourth-order valence-corrected chi connectivity index (χ4v) is 3.30. The highest BCUT2D eigenvalue weighted by Crippen LogP contribution is 2.29. The Morgan fingerprint density at radius 1 is 1.19 bits per heavy atom. The normalized spacial score (nSPS) is 10.8. The molecule has 1 amide bonds. The number of carbonyl (C=O) groups excluding carboxylic acids is 1. The van der Waals surface area contributed by atoms with Crippen molar-refractivity contribution in [3.05, 3.63) is 103 Å². The number of nitrogens with zero attached hydrogens (tertiary/aromatic N) is 2. The van der Waals surface area contributed by atoms with Crippen LogP contribution in [0.2, 0.25) is 5.02 Å². The van der Waals surface area contributed by atoms with Crippen LogP contribution < -0.4 is 10.1 Å². The van der Waals surface area contributed by atoms with Crippen molar-refractivity contribution in [1.29, 1.82) is 5.26 Å². The number of rotatable bonds is 7. The first-order valence-electron chi connectivity index (χ1n) is 9.20. The van der Waals surface area contributed by atoms with E-state index < -0.39 is 10.8 Å². The topological polar surface area (TPSA) is 105 Å². The minimum Gasteiger partial charge on any atom is -0.488 e. The maximum atomic E-state index is 12.6. The number of carbonyl (C=O) groups is 1.